The van der Waals surface area contributed by atoms with Gasteiger partial charge in [0, 0.05) is 12.0 Å². The number of nitrogens with one attached hydrogen (secondary N) is 2. The molecule has 5 nitrogen and oxygen atoms in total. The summed E-state index contributed by atoms with van der Waals surface area (Å²) in [6.45, 7) is 2.23. The second-order valence-corrected chi connectivity index (χ2v) is 6.01. The van der Waals surface area contributed by atoms with E-state index in [0.717, 1.165) is 25.1 Å². The van der Waals surface area contributed by atoms with Crippen molar-refractivity contribution in [2.24, 2.45) is 5.92 Å². The number of carbonyl (C=O) groups excluding carboxylic acids is 1. The van der Waals surface area contributed by atoms with E-state index in [1.165, 1.54) is 25.7 Å². The highest BCUT2D eigenvalue weighted by Crippen LogP contribution is 2.37. The maximum atomic E-state index is 12.2. The van der Waals surface area contributed by atoms with Crippen molar-refractivity contribution >= 4 is 5.91 Å². The zero-order valence-corrected chi connectivity index (χ0v) is 11.5. The van der Waals surface area contributed by atoms with Crippen LogP contribution in [0.1, 0.15) is 74.2 Å². The van der Waals surface area contributed by atoms with Crippen LogP contribution >= 0.6 is 0 Å². The Morgan fingerprint density at radius 3 is 2.79 bits per heavy atom. The number of amides is 1. The van der Waals surface area contributed by atoms with E-state index in [1.807, 2.05) is 0 Å². The molecule has 3 rings (SSSR count). The molecule has 1 aromatic rings. The van der Waals surface area contributed by atoms with Gasteiger partial charge in [-0.25, -0.2) is 4.98 Å². The summed E-state index contributed by atoms with van der Waals surface area (Å²) in [6.07, 6.45) is 8.37. The highest BCUT2D eigenvalue weighted by molar-refractivity contribution is 5.90. The van der Waals surface area contributed by atoms with Gasteiger partial charge in [0.05, 0.1) is 0 Å². The average Bonchev–Trinajstić information content (AvgIpc) is 3.17. The van der Waals surface area contributed by atoms with Gasteiger partial charge in [-0.15, -0.1) is 5.10 Å². The van der Waals surface area contributed by atoms with Gasteiger partial charge in [0.2, 0.25) is 5.82 Å². The Kier molecular flexibility index (Phi) is 3.53. The Hall–Kier alpha value is -1.39. The van der Waals surface area contributed by atoms with Crippen molar-refractivity contribution in [2.75, 3.05) is 0 Å². The summed E-state index contributed by atoms with van der Waals surface area (Å²) in [5, 5.41) is 10.0. The molecule has 0 saturated heterocycles. The Morgan fingerprint density at radius 1 is 1.21 bits per heavy atom. The number of hydrogen-bond donors (Lipinski definition) is 2. The molecular weight excluding hydrogens is 240 g/mol. The summed E-state index contributed by atoms with van der Waals surface area (Å²) < 4.78 is 0. The van der Waals surface area contributed by atoms with E-state index in [2.05, 4.69) is 27.4 Å². The topological polar surface area (TPSA) is 70.7 Å². The van der Waals surface area contributed by atoms with Crippen LogP contribution in [0.15, 0.2) is 0 Å². The Morgan fingerprint density at radius 2 is 2.00 bits per heavy atom. The molecule has 0 aromatic carbocycles. The molecule has 0 radical (unpaired) electrons. The molecule has 2 atom stereocenters. The number of H-pyrrole nitrogens is 1. The van der Waals surface area contributed by atoms with Crippen LogP contribution in [0.5, 0.6) is 0 Å². The van der Waals surface area contributed by atoms with E-state index >= 15 is 0 Å². The predicted molar refractivity (Wildman–Crippen MR) is 71.9 cm³/mol. The zero-order valence-electron chi connectivity index (χ0n) is 11.5. The monoisotopic (exact) mass is 262 g/mol. The molecule has 0 bridgehead atoms. The van der Waals surface area contributed by atoms with Gasteiger partial charge in [-0.2, -0.15) is 0 Å². The van der Waals surface area contributed by atoms with E-state index in [1.54, 1.807) is 0 Å². The third kappa shape index (κ3) is 2.96. The molecule has 2 saturated carbocycles. The van der Waals surface area contributed by atoms with Gasteiger partial charge in [-0.05, 0) is 31.6 Å². The van der Waals surface area contributed by atoms with Crippen molar-refractivity contribution in [3.63, 3.8) is 0 Å². The molecule has 0 spiro atoms. The summed E-state index contributed by atoms with van der Waals surface area (Å²) in [5.41, 5.74) is 0. The van der Waals surface area contributed by atoms with Gasteiger partial charge in [0.1, 0.15) is 5.82 Å². The van der Waals surface area contributed by atoms with Crippen molar-refractivity contribution in [1.82, 2.24) is 20.5 Å². The van der Waals surface area contributed by atoms with Gasteiger partial charge < -0.3 is 5.32 Å². The first kappa shape index (κ1) is 12.6. The Balaban J connectivity index is 1.62. The lowest BCUT2D eigenvalue weighted by Crippen LogP contribution is -2.39. The summed E-state index contributed by atoms with van der Waals surface area (Å²) in [6, 6.07) is 0.276. The summed E-state index contributed by atoms with van der Waals surface area (Å²) in [4.78, 5) is 16.5. The summed E-state index contributed by atoms with van der Waals surface area (Å²) in [7, 11) is 0. The van der Waals surface area contributed by atoms with Gasteiger partial charge in [0.15, 0.2) is 0 Å². The fourth-order valence-electron chi connectivity index (χ4n) is 2.86. The number of aromatic amines is 1. The van der Waals surface area contributed by atoms with Crippen LogP contribution in [0.4, 0.5) is 0 Å². The quantitative estimate of drug-likeness (QED) is 0.822. The predicted octanol–water partition coefficient (Wildman–Crippen LogP) is 2.38. The SMILES string of the molecule is CC1CCCCCC1NC(=O)c1n[nH]c(C2CC2)n1. The van der Waals surface area contributed by atoms with Crippen molar-refractivity contribution in [1.29, 1.82) is 0 Å². The molecule has 1 amide bonds. The standard InChI is InChI=1S/C14H22N4O/c1-9-5-3-2-4-6-11(9)15-14(19)13-16-12(17-18-13)10-7-8-10/h9-11H,2-8H2,1H3,(H,15,19)(H,16,17,18). The Labute approximate surface area is 113 Å². The van der Waals surface area contributed by atoms with Crippen molar-refractivity contribution in [2.45, 2.75) is 63.8 Å². The van der Waals surface area contributed by atoms with Crippen LogP contribution in [0.3, 0.4) is 0 Å². The molecule has 2 N–H and O–H groups in total. The van der Waals surface area contributed by atoms with E-state index in [0.29, 0.717) is 17.7 Å². The molecule has 19 heavy (non-hydrogen) atoms. The van der Waals surface area contributed by atoms with Gasteiger partial charge in [0.25, 0.3) is 5.91 Å². The molecule has 104 valence electrons. The van der Waals surface area contributed by atoms with Gasteiger partial charge in [-0.3, -0.25) is 9.89 Å². The van der Waals surface area contributed by atoms with Gasteiger partial charge >= 0.3 is 0 Å². The first-order valence-corrected chi connectivity index (χ1v) is 7.47. The number of aromatic nitrogens is 3. The lowest BCUT2D eigenvalue weighted by molar-refractivity contribution is 0.0911. The summed E-state index contributed by atoms with van der Waals surface area (Å²) >= 11 is 0. The number of nitrogens with zero attached hydrogens (tertiary/aromatic N) is 2. The molecule has 2 aliphatic rings. The largest absolute Gasteiger partial charge is 0.346 e. The molecule has 0 aliphatic heterocycles. The lowest BCUT2D eigenvalue weighted by atomic mass is 9.97. The minimum Gasteiger partial charge on any atom is -0.346 e. The van der Waals surface area contributed by atoms with Crippen LogP contribution in [-0.4, -0.2) is 27.1 Å². The number of hydrogen-bond acceptors (Lipinski definition) is 3. The smallest absolute Gasteiger partial charge is 0.291 e. The minimum absolute atomic E-state index is 0.123. The molecule has 5 heteroatoms. The first-order chi connectivity index (χ1) is 9.24. The highest BCUT2D eigenvalue weighted by Gasteiger charge is 2.29. The third-order valence-corrected chi connectivity index (χ3v) is 4.35. The summed E-state index contributed by atoms with van der Waals surface area (Å²) in [5.74, 6) is 2.11. The van der Waals surface area contributed by atoms with Crippen LogP contribution < -0.4 is 5.32 Å². The lowest BCUT2D eigenvalue weighted by Gasteiger charge is -2.21. The van der Waals surface area contributed by atoms with Crippen LogP contribution in [0, 0.1) is 5.92 Å². The van der Waals surface area contributed by atoms with E-state index in [9.17, 15) is 4.79 Å². The van der Waals surface area contributed by atoms with Crippen LogP contribution in [0.25, 0.3) is 0 Å². The third-order valence-electron chi connectivity index (χ3n) is 4.35. The second-order valence-electron chi connectivity index (χ2n) is 6.01. The number of carbonyl (C=O) groups is 1. The molecule has 2 unspecified atom stereocenters. The molecule has 1 aromatic heterocycles. The molecular formula is C14H22N4O. The molecule has 2 aliphatic carbocycles. The van der Waals surface area contributed by atoms with E-state index in [-0.39, 0.29) is 11.9 Å². The maximum absolute atomic E-state index is 12.2. The van der Waals surface area contributed by atoms with Crippen LogP contribution in [-0.2, 0) is 0 Å². The highest BCUT2D eigenvalue weighted by atomic mass is 16.2. The molecule has 1 heterocycles. The first-order valence-electron chi connectivity index (χ1n) is 7.47. The molecule has 2 fully saturated rings. The van der Waals surface area contributed by atoms with Crippen LogP contribution in [0.2, 0.25) is 0 Å². The van der Waals surface area contributed by atoms with E-state index < -0.39 is 0 Å². The Bertz CT molecular complexity index is 452. The maximum Gasteiger partial charge on any atom is 0.291 e. The average molecular weight is 262 g/mol. The van der Waals surface area contributed by atoms with Crippen molar-refractivity contribution < 1.29 is 4.79 Å². The van der Waals surface area contributed by atoms with Crippen molar-refractivity contribution in [3.8, 4) is 0 Å². The number of rotatable bonds is 3. The van der Waals surface area contributed by atoms with E-state index in [4.69, 9.17) is 0 Å². The fraction of sp³-hybridized carbons (Fsp3) is 0.786. The second kappa shape index (κ2) is 5.31. The normalized spacial score (nSPS) is 27.8. The van der Waals surface area contributed by atoms with Gasteiger partial charge in [-0.1, -0.05) is 26.2 Å². The van der Waals surface area contributed by atoms with Crippen molar-refractivity contribution in [3.05, 3.63) is 11.6 Å². The zero-order chi connectivity index (χ0) is 13.2. The minimum atomic E-state index is -0.123. The fourth-order valence-corrected chi connectivity index (χ4v) is 2.86.